The zero-order valence-corrected chi connectivity index (χ0v) is 61.3. The van der Waals surface area contributed by atoms with Gasteiger partial charge in [-0.2, -0.15) is 13.2 Å². The van der Waals surface area contributed by atoms with Gasteiger partial charge in [0.05, 0.1) is 49.9 Å². The van der Waals surface area contributed by atoms with Gasteiger partial charge in [-0.15, -0.1) is 0 Å². The molecule has 12 amide bonds. The number of aryl methyl sites for hydroxylation is 1. The third kappa shape index (κ3) is 19.4. The highest BCUT2D eigenvalue weighted by Gasteiger charge is 2.52. The minimum Gasteiger partial charge on any atom is -0.378 e. The second-order valence-corrected chi connectivity index (χ2v) is 30.1. The Morgan fingerprint density at radius 1 is 0.624 bits per heavy atom. The number of ether oxygens (including phenoxy) is 1. The van der Waals surface area contributed by atoms with E-state index in [-0.39, 0.29) is 83.2 Å². The molecule has 1 spiro atoms. The van der Waals surface area contributed by atoms with Crippen molar-refractivity contribution in [2.45, 2.75) is 222 Å². The number of nitrogens with one attached hydrogen (secondary N) is 3. The van der Waals surface area contributed by atoms with Crippen molar-refractivity contribution in [2.75, 3.05) is 102 Å². The van der Waals surface area contributed by atoms with Crippen LogP contribution in [0, 0.1) is 23.7 Å². The lowest BCUT2D eigenvalue weighted by Gasteiger charge is -2.44. The summed E-state index contributed by atoms with van der Waals surface area (Å²) in [5, 5.41) is 8.22. The van der Waals surface area contributed by atoms with Crippen LogP contribution in [0.1, 0.15) is 173 Å². The summed E-state index contributed by atoms with van der Waals surface area (Å²) >= 11 is 6.16. The maximum atomic E-state index is 15.8. The first-order valence-corrected chi connectivity index (χ1v) is 37.0. The van der Waals surface area contributed by atoms with Gasteiger partial charge >= 0.3 is 6.18 Å². The Balaban J connectivity index is 1.17. The molecular formula is C72H108ClF3N12O13. The molecule has 7 aliphatic rings. The highest BCUT2D eigenvalue weighted by Crippen LogP contribution is 2.39. The summed E-state index contributed by atoms with van der Waals surface area (Å²) in [5.74, 6) is -8.91. The maximum Gasteiger partial charge on any atom is 0.417 e. The lowest BCUT2D eigenvalue weighted by molar-refractivity contribution is -0.158. The van der Waals surface area contributed by atoms with Crippen LogP contribution >= 0.6 is 11.6 Å². The Labute approximate surface area is 597 Å². The van der Waals surface area contributed by atoms with Crippen LogP contribution in [0.25, 0.3) is 0 Å². The van der Waals surface area contributed by atoms with Gasteiger partial charge in [0.15, 0.2) is 0 Å². The molecule has 4 saturated carbocycles. The molecule has 3 aliphatic heterocycles. The highest BCUT2D eigenvalue weighted by atomic mass is 35.5. The Kier molecular flexibility index (Phi) is 27.9. The number of halogens is 4. The summed E-state index contributed by atoms with van der Waals surface area (Å²) in [6.07, 6.45) is 6.54. The average Bonchev–Trinajstić information content (AvgIpc) is 1.76. The molecule has 8 atom stereocenters. The summed E-state index contributed by atoms with van der Waals surface area (Å²) in [6.45, 7) is 2.70. The molecule has 1 unspecified atom stereocenters. The van der Waals surface area contributed by atoms with Crippen LogP contribution in [-0.2, 0) is 74.9 Å². The van der Waals surface area contributed by atoms with Crippen molar-refractivity contribution in [2.24, 2.45) is 23.7 Å². The summed E-state index contributed by atoms with van der Waals surface area (Å²) < 4.78 is 47.3. The number of benzene rings is 1. The monoisotopic (exact) mass is 1440 g/mol. The van der Waals surface area contributed by atoms with Crippen molar-refractivity contribution < 1.29 is 75.4 Å². The minimum atomic E-state index is -4.76. The van der Waals surface area contributed by atoms with Crippen molar-refractivity contribution in [1.82, 2.24) is 60.0 Å². The van der Waals surface area contributed by atoms with E-state index >= 15 is 28.8 Å². The number of amides is 12. The second kappa shape index (κ2) is 35.4. The van der Waals surface area contributed by atoms with Gasteiger partial charge in [0.2, 0.25) is 70.9 Å². The fraction of sp³-hybridized carbons (Fsp3) is 0.750. The minimum absolute atomic E-state index is 0.0195. The molecule has 3 saturated heterocycles. The molecule has 1 aromatic carbocycles. The highest BCUT2D eigenvalue weighted by molar-refractivity contribution is 6.31. The molecule has 7 fully saturated rings. The van der Waals surface area contributed by atoms with E-state index in [1.165, 1.54) is 84.8 Å². The van der Waals surface area contributed by atoms with Crippen LogP contribution in [0.5, 0.6) is 0 Å². The van der Waals surface area contributed by atoms with Crippen molar-refractivity contribution in [3.05, 3.63) is 34.3 Å². The predicted octanol–water partition coefficient (Wildman–Crippen LogP) is 5.02. The molecule has 0 radical (unpaired) electrons. The largest absolute Gasteiger partial charge is 0.417 e. The van der Waals surface area contributed by atoms with Gasteiger partial charge in [-0.25, -0.2) is 0 Å². The van der Waals surface area contributed by atoms with E-state index in [0.717, 1.165) is 84.6 Å². The van der Waals surface area contributed by atoms with E-state index in [1.807, 2.05) is 6.92 Å². The van der Waals surface area contributed by atoms with Crippen LogP contribution < -0.4 is 16.0 Å². The molecule has 8 rings (SSSR count). The Bertz CT molecular complexity index is 3170. The van der Waals surface area contributed by atoms with Crippen LogP contribution in [0.2, 0.25) is 5.02 Å². The number of alkyl halides is 3. The number of nitrogens with zero attached hydrogens (tertiary/aromatic N) is 9. The number of morpholine rings is 1. The first-order chi connectivity index (χ1) is 47.9. The molecule has 101 heavy (non-hydrogen) atoms. The number of hydrogen-bond donors (Lipinski definition) is 3. The Hall–Kier alpha value is -7.10. The molecule has 25 nitrogen and oxygen atoms in total. The number of carbonyl (C=O) groups is 12. The number of rotatable bonds is 10. The summed E-state index contributed by atoms with van der Waals surface area (Å²) in [5.41, 5.74) is -2.35. The number of carbonyl (C=O) groups excluding carboxylic acids is 12. The number of fused-ring (bicyclic) bond motifs is 1. The molecule has 0 bridgehead atoms. The quantitative estimate of drug-likeness (QED) is 0.278. The molecule has 29 heteroatoms. The van der Waals surface area contributed by atoms with E-state index in [2.05, 4.69) is 16.0 Å². The Morgan fingerprint density at radius 3 is 1.83 bits per heavy atom. The predicted molar refractivity (Wildman–Crippen MR) is 368 cm³/mol. The molecular weight excluding hydrogens is 1330 g/mol. The van der Waals surface area contributed by atoms with Gasteiger partial charge in [0.25, 0.3) is 0 Å². The third-order valence-electron chi connectivity index (χ3n) is 22.8. The zero-order valence-electron chi connectivity index (χ0n) is 60.6. The lowest BCUT2D eigenvalue weighted by Crippen LogP contribution is -2.65. The maximum absolute atomic E-state index is 15.8. The third-order valence-corrected chi connectivity index (χ3v) is 23.1. The van der Waals surface area contributed by atoms with Crippen LogP contribution in [0.3, 0.4) is 0 Å². The van der Waals surface area contributed by atoms with Crippen molar-refractivity contribution in [1.29, 1.82) is 0 Å². The van der Waals surface area contributed by atoms with Gasteiger partial charge < -0.3 is 64.8 Å². The molecule has 562 valence electrons. The standard InChI is InChI=1S/C72H108ClF3N12O13/c1-10-45(2)60-68(98)82(5)43-58(91)80(3)44-59(92)83(6)54(40-46-21-13-11-14-22-46)66(96)81(4)42-56(89)77-52(31-29-47-28-30-50(51(73)39-47)72(74,75)76)65(95)88-34-20-27-53(88)63(93)79-71(32-17-18-33-71)70(100)86(9)62(49-23-15-12-16-24-49)69(99)84(7)55(67(97)87-35-37-101-38-36-87)41-57(90)85(8)61(64(94)78-60)48-25-19-26-48/h28,30,39,45-46,48-49,52-55,60-62H,10-27,29,31-38,40-44H2,1-9H3,(H,77,89)(H,78,94)(H,79,93)/t45-,52-,53?,54-,55-,60-,61-,62-/m0/s1. The lowest BCUT2D eigenvalue weighted by atomic mass is 9.78. The van der Waals surface area contributed by atoms with E-state index in [4.69, 9.17) is 16.3 Å². The molecule has 3 N–H and O–H groups in total. The van der Waals surface area contributed by atoms with Gasteiger partial charge in [0.1, 0.15) is 47.8 Å². The molecule has 1 aromatic rings. The van der Waals surface area contributed by atoms with Crippen molar-refractivity contribution in [3.8, 4) is 0 Å². The zero-order chi connectivity index (χ0) is 73.8. The van der Waals surface area contributed by atoms with Crippen LogP contribution in [-0.4, -0.2) is 265 Å². The summed E-state index contributed by atoms with van der Waals surface area (Å²) in [6, 6.07) is -5.52. The van der Waals surface area contributed by atoms with Gasteiger partial charge in [-0.05, 0) is 112 Å². The first-order valence-electron chi connectivity index (χ1n) is 36.6. The second-order valence-electron chi connectivity index (χ2n) is 29.7. The van der Waals surface area contributed by atoms with Crippen LogP contribution in [0.4, 0.5) is 13.2 Å². The topological polar surface area (TPSA) is 279 Å². The number of hydrogen-bond acceptors (Lipinski definition) is 13. The molecule has 4 aliphatic carbocycles. The van der Waals surface area contributed by atoms with E-state index in [0.29, 0.717) is 56.9 Å². The first kappa shape index (κ1) is 79.6. The van der Waals surface area contributed by atoms with E-state index in [9.17, 15) is 41.9 Å². The SMILES string of the molecule is CC[C@H](C)[C@@H]1NC(=O)[C@H](C2CCC2)N(C)C(=O)C[C@@H](C(=O)N2CCOCC2)N(C)C(=O)[C@H](C2CCCCC2)N(C)C(=O)C2(CCCC2)NC(=O)C2CCCN2C(=O)[C@H](CCc2ccc(C(F)(F)F)c(Cl)c2)NC(=O)CN(C)C(=O)[C@H](CC2CCCCC2)N(C)C(=O)CN(C)C(=O)CN(C)C1=O. The van der Waals surface area contributed by atoms with Crippen molar-refractivity contribution in [3.63, 3.8) is 0 Å². The van der Waals surface area contributed by atoms with Gasteiger partial charge in [-0.3, -0.25) is 57.5 Å². The molecule has 0 aromatic heterocycles. The fourth-order valence-electron chi connectivity index (χ4n) is 16.1. The normalized spacial score (nSPS) is 27.6. The summed E-state index contributed by atoms with van der Waals surface area (Å²) in [4.78, 5) is 191. The van der Waals surface area contributed by atoms with E-state index < -0.39 is 173 Å². The smallest absolute Gasteiger partial charge is 0.378 e. The van der Waals surface area contributed by atoms with Gasteiger partial charge in [0, 0.05) is 69.0 Å². The van der Waals surface area contributed by atoms with Crippen molar-refractivity contribution >= 4 is 82.5 Å². The summed E-state index contributed by atoms with van der Waals surface area (Å²) in [7, 11) is 10.0. The van der Waals surface area contributed by atoms with E-state index in [1.54, 1.807) is 6.92 Å². The van der Waals surface area contributed by atoms with Gasteiger partial charge in [-0.1, -0.05) is 109 Å². The fourth-order valence-corrected chi connectivity index (χ4v) is 16.4. The molecule has 3 heterocycles. The Morgan fingerprint density at radius 2 is 1.23 bits per heavy atom. The van der Waals surface area contributed by atoms with Crippen LogP contribution in [0.15, 0.2) is 18.2 Å². The number of likely N-dealkylation sites (N-methyl/N-ethyl adjacent to an activating group) is 7. The average molecular weight is 1440 g/mol.